The molecule has 4 aromatic rings. The molecule has 3 aromatic carbocycles. The van der Waals surface area contributed by atoms with Crippen LogP contribution in [-0.2, 0) is 0 Å². The summed E-state index contributed by atoms with van der Waals surface area (Å²) in [4.78, 5) is 18.7. The van der Waals surface area contributed by atoms with E-state index in [1.807, 2.05) is 66.7 Å². The third-order valence-electron chi connectivity index (χ3n) is 3.37. The topological polar surface area (TPSA) is 57.8 Å². The maximum atomic E-state index is 13.1. The molecule has 124 valence electrons. The molecule has 0 fully saturated rings. The van der Waals surface area contributed by atoms with Crippen LogP contribution in [0.25, 0.3) is 10.9 Å². The average Bonchev–Trinajstić information content (AvgIpc) is 2.65. The van der Waals surface area contributed by atoms with Crippen LogP contribution in [0.1, 0.15) is 0 Å². The number of fused-ring (bicyclic) bond motifs is 1. The number of nitrogens with zero attached hydrogens (tertiary/aromatic N) is 1. The van der Waals surface area contributed by atoms with Gasteiger partial charge in [0, 0.05) is 5.69 Å². The number of para-hydroxylation sites is 1. The van der Waals surface area contributed by atoms with Gasteiger partial charge in [0.1, 0.15) is 5.82 Å². The highest BCUT2D eigenvalue weighted by Gasteiger charge is 2.05. The lowest BCUT2D eigenvalue weighted by atomic mass is 10.2. The molecular weight excluding hydrogens is 317 g/mol. The highest BCUT2D eigenvalue weighted by atomic mass is 19.1. The maximum absolute atomic E-state index is 13.1. The largest absolute Gasteiger partial charge is 0.326 e. The van der Waals surface area contributed by atoms with Gasteiger partial charge in [0.25, 0.3) is 5.56 Å². The van der Waals surface area contributed by atoms with Crippen LogP contribution in [0.15, 0.2) is 89.7 Å². The maximum Gasteiger partial charge on any atom is 0.260 e. The van der Waals surface area contributed by atoms with Gasteiger partial charge in [-0.25, -0.2) is 9.37 Å². The molecule has 0 atom stereocenters. The number of hydrogen-bond donors (Lipinski definition) is 2. The number of hydrogen-bond acceptors (Lipinski definition) is 3. The third-order valence-corrected chi connectivity index (χ3v) is 3.37. The molecule has 0 aliphatic heterocycles. The highest BCUT2D eigenvalue weighted by molar-refractivity contribution is 5.78. The van der Waals surface area contributed by atoms with Crippen molar-refractivity contribution in [3.63, 3.8) is 0 Å². The van der Waals surface area contributed by atoms with Crippen LogP contribution in [0.3, 0.4) is 0 Å². The van der Waals surface area contributed by atoms with Crippen LogP contribution in [0.5, 0.6) is 0 Å². The Bertz CT molecular complexity index is 975. The summed E-state index contributed by atoms with van der Waals surface area (Å²) < 4.78 is 13.1. The van der Waals surface area contributed by atoms with E-state index in [0.29, 0.717) is 11.5 Å². The molecule has 0 saturated carbocycles. The normalized spacial score (nSPS) is 9.96. The molecular formula is C20H16FN3O. The van der Waals surface area contributed by atoms with Crippen molar-refractivity contribution in [2.75, 3.05) is 5.32 Å². The molecule has 0 aliphatic carbocycles. The Hall–Kier alpha value is -3.47. The number of aromatic nitrogens is 2. The predicted molar refractivity (Wildman–Crippen MR) is 98.5 cm³/mol. The zero-order chi connectivity index (χ0) is 17.5. The molecule has 2 N–H and O–H groups in total. The Kier molecular flexibility index (Phi) is 5.16. The molecule has 0 aliphatic rings. The minimum Gasteiger partial charge on any atom is -0.326 e. The molecule has 0 saturated heterocycles. The Morgan fingerprint density at radius 2 is 1.44 bits per heavy atom. The standard InChI is InChI=1S/C14H10FN3O.C6H6/c15-9-6-7-12-11(8-9)13(19)18-14(17-12)16-10-4-2-1-3-5-10;1-2-4-6-5-3-1/h1-8H,(H2,16,17,18,19);1-6H. The molecule has 0 unspecified atom stereocenters. The Balaban J connectivity index is 0.000000258. The third kappa shape index (κ3) is 4.51. The minimum absolute atomic E-state index is 0.235. The van der Waals surface area contributed by atoms with Crippen LogP contribution < -0.4 is 10.9 Å². The van der Waals surface area contributed by atoms with Crippen LogP contribution in [-0.4, -0.2) is 9.97 Å². The van der Waals surface area contributed by atoms with Crippen LogP contribution in [0, 0.1) is 5.82 Å². The van der Waals surface area contributed by atoms with Gasteiger partial charge < -0.3 is 5.32 Å². The predicted octanol–water partition coefficient (Wildman–Crippen LogP) is 4.49. The summed E-state index contributed by atoms with van der Waals surface area (Å²) in [6, 6.07) is 25.3. The van der Waals surface area contributed by atoms with Crippen molar-refractivity contribution in [3.8, 4) is 0 Å². The van der Waals surface area contributed by atoms with E-state index < -0.39 is 5.82 Å². The lowest BCUT2D eigenvalue weighted by molar-refractivity contribution is 0.629. The van der Waals surface area contributed by atoms with E-state index in [4.69, 9.17) is 0 Å². The summed E-state index contributed by atoms with van der Waals surface area (Å²) in [5, 5.41) is 3.23. The van der Waals surface area contributed by atoms with Gasteiger partial charge in [0.2, 0.25) is 5.95 Å². The Morgan fingerprint density at radius 3 is 2.08 bits per heavy atom. The molecule has 25 heavy (non-hydrogen) atoms. The zero-order valence-electron chi connectivity index (χ0n) is 13.3. The zero-order valence-corrected chi connectivity index (χ0v) is 13.3. The van der Waals surface area contributed by atoms with Gasteiger partial charge in [-0.15, -0.1) is 0 Å². The highest BCUT2D eigenvalue weighted by Crippen LogP contribution is 2.14. The molecule has 0 spiro atoms. The Labute approximate surface area is 144 Å². The van der Waals surface area contributed by atoms with E-state index >= 15 is 0 Å². The van der Waals surface area contributed by atoms with Gasteiger partial charge in [-0.05, 0) is 30.3 Å². The Morgan fingerprint density at radius 1 is 0.840 bits per heavy atom. The monoisotopic (exact) mass is 333 g/mol. The van der Waals surface area contributed by atoms with Gasteiger partial charge in [-0.1, -0.05) is 54.6 Å². The first-order valence-corrected chi connectivity index (χ1v) is 7.74. The van der Waals surface area contributed by atoms with Gasteiger partial charge in [-0.3, -0.25) is 9.78 Å². The van der Waals surface area contributed by atoms with Gasteiger partial charge in [-0.2, -0.15) is 0 Å². The molecule has 5 heteroatoms. The van der Waals surface area contributed by atoms with Crippen molar-refractivity contribution in [1.29, 1.82) is 0 Å². The summed E-state index contributed by atoms with van der Waals surface area (Å²) >= 11 is 0. The fourth-order valence-electron chi connectivity index (χ4n) is 2.21. The molecule has 0 amide bonds. The number of rotatable bonds is 2. The van der Waals surface area contributed by atoms with E-state index in [0.717, 1.165) is 5.69 Å². The number of nitrogens with one attached hydrogen (secondary N) is 2. The summed E-state index contributed by atoms with van der Waals surface area (Å²) in [5.41, 5.74) is 0.888. The summed E-state index contributed by atoms with van der Waals surface area (Å²) in [6.45, 7) is 0. The van der Waals surface area contributed by atoms with E-state index in [1.165, 1.54) is 18.2 Å². The summed E-state index contributed by atoms with van der Waals surface area (Å²) in [7, 11) is 0. The van der Waals surface area contributed by atoms with Gasteiger partial charge in [0.15, 0.2) is 0 Å². The van der Waals surface area contributed by atoms with Crippen LogP contribution >= 0.6 is 0 Å². The van der Waals surface area contributed by atoms with Gasteiger partial charge >= 0.3 is 0 Å². The van der Waals surface area contributed by atoms with Crippen molar-refractivity contribution in [2.24, 2.45) is 0 Å². The molecule has 4 rings (SSSR count). The molecule has 0 bridgehead atoms. The first-order valence-electron chi connectivity index (χ1n) is 7.74. The first kappa shape index (κ1) is 16.4. The SMILES string of the molecule is O=c1[nH]c(Nc2ccccc2)nc2ccc(F)cc12.c1ccccc1. The second-order valence-electron chi connectivity index (χ2n) is 5.22. The molecule has 4 nitrogen and oxygen atoms in total. The fraction of sp³-hybridized carbons (Fsp3) is 0. The second kappa shape index (κ2) is 7.88. The van der Waals surface area contributed by atoms with E-state index in [-0.39, 0.29) is 10.9 Å². The second-order valence-corrected chi connectivity index (χ2v) is 5.22. The minimum atomic E-state index is -0.455. The van der Waals surface area contributed by atoms with E-state index in [2.05, 4.69) is 15.3 Å². The van der Waals surface area contributed by atoms with Crippen LogP contribution in [0.2, 0.25) is 0 Å². The number of aromatic amines is 1. The number of benzene rings is 3. The van der Waals surface area contributed by atoms with E-state index in [9.17, 15) is 9.18 Å². The molecule has 1 heterocycles. The summed E-state index contributed by atoms with van der Waals surface area (Å²) in [5.74, 6) is -0.126. The van der Waals surface area contributed by atoms with E-state index in [1.54, 1.807) is 0 Å². The lowest BCUT2D eigenvalue weighted by Gasteiger charge is -2.06. The van der Waals surface area contributed by atoms with Crippen molar-refractivity contribution < 1.29 is 4.39 Å². The van der Waals surface area contributed by atoms with Gasteiger partial charge in [0.05, 0.1) is 10.9 Å². The molecule has 0 radical (unpaired) electrons. The quantitative estimate of drug-likeness (QED) is 0.568. The van der Waals surface area contributed by atoms with Crippen molar-refractivity contribution in [1.82, 2.24) is 9.97 Å². The van der Waals surface area contributed by atoms with Crippen molar-refractivity contribution >= 4 is 22.5 Å². The summed E-state index contributed by atoms with van der Waals surface area (Å²) in [6.07, 6.45) is 0. The number of halogens is 1. The van der Waals surface area contributed by atoms with Crippen molar-refractivity contribution in [2.45, 2.75) is 0 Å². The first-order chi connectivity index (χ1) is 12.2. The molecule has 1 aromatic heterocycles. The van der Waals surface area contributed by atoms with Crippen LogP contribution in [0.4, 0.5) is 16.0 Å². The lowest BCUT2D eigenvalue weighted by Crippen LogP contribution is -2.11. The number of H-pyrrole nitrogens is 1. The number of anilines is 2. The smallest absolute Gasteiger partial charge is 0.260 e. The fourth-order valence-corrected chi connectivity index (χ4v) is 2.21. The average molecular weight is 333 g/mol. The van der Waals surface area contributed by atoms with Crippen molar-refractivity contribution in [3.05, 3.63) is 101 Å².